The molecular formula is C33H57N5O8S. The van der Waals surface area contributed by atoms with Gasteiger partial charge in [0.2, 0.25) is 17.6 Å². The Kier molecular flexibility index (Phi) is 16.9. The Morgan fingerprint density at radius 3 is 2.15 bits per heavy atom. The molecule has 0 saturated heterocycles. The number of carbonyl (C=O) groups is 5. The fourth-order valence-electron chi connectivity index (χ4n) is 5.40. The van der Waals surface area contributed by atoms with Crippen LogP contribution in [0.4, 0.5) is 4.79 Å². The van der Waals surface area contributed by atoms with Crippen molar-refractivity contribution in [3.8, 4) is 12.3 Å². The number of nitrogens with one attached hydrogen (secondary N) is 4. The van der Waals surface area contributed by atoms with Crippen LogP contribution in [-0.2, 0) is 33.8 Å². The quantitative estimate of drug-likeness (QED) is 0.0963. The summed E-state index contributed by atoms with van der Waals surface area (Å²) in [5.74, 6) is -1.11. The van der Waals surface area contributed by atoms with E-state index in [0.29, 0.717) is 19.3 Å². The maximum atomic E-state index is 14.0. The van der Waals surface area contributed by atoms with Gasteiger partial charge in [-0.25, -0.2) is 13.2 Å². The van der Waals surface area contributed by atoms with Crippen molar-refractivity contribution in [3.63, 3.8) is 0 Å². The first-order valence-corrected chi connectivity index (χ1v) is 18.2. The predicted octanol–water partition coefficient (Wildman–Crippen LogP) is 2.08. The van der Waals surface area contributed by atoms with Crippen LogP contribution in [0.25, 0.3) is 0 Å². The molecule has 268 valence electrons. The highest BCUT2D eigenvalue weighted by atomic mass is 32.2. The van der Waals surface area contributed by atoms with E-state index in [4.69, 9.17) is 11.2 Å². The lowest BCUT2D eigenvalue weighted by atomic mass is 9.83. The van der Waals surface area contributed by atoms with Crippen molar-refractivity contribution in [2.45, 2.75) is 128 Å². The van der Waals surface area contributed by atoms with Gasteiger partial charge in [-0.15, -0.1) is 12.3 Å². The average molecular weight is 684 g/mol. The second kappa shape index (κ2) is 19.0. The van der Waals surface area contributed by atoms with Crippen LogP contribution in [0.1, 0.15) is 99.8 Å². The van der Waals surface area contributed by atoms with Gasteiger partial charge in [0.1, 0.15) is 12.1 Å². The molecule has 0 spiro atoms. The van der Waals surface area contributed by atoms with E-state index in [1.165, 1.54) is 18.9 Å². The summed E-state index contributed by atoms with van der Waals surface area (Å²) in [5, 5.41) is 10.7. The monoisotopic (exact) mass is 683 g/mol. The van der Waals surface area contributed by atoms with Gasteiger partial charge in [0.15, 0.2) is 9.84 Å². The second-order valence-electron chi connectivity index (χ2n) is 13.7. The Hall–Kier alpha value is -3.18. The number of carbonyl (C=O) groups excluding carboxylic acids is 5. The summed E-state index contributed by atoms with van der Waals surface area (Å²) in [6.07, 6.45) is 9.49. The fourth-order valence-corrected chi connectivity index (χ4v) is 6.92. The molecule has 4 N–H and O–H groups in total. The van der Waals surface area contributed by atoms with Gasteiger partial charge in [0.05, 0.1) is 28.7 Å². The first-order valence-electron chi connectivity index (χ1n) is 16.5. The lowest BCUT2D eigenvalue weighted by Crippen LogP contribution is -2.62. The third-order valence-corrected chi connectivity index (χ3v) is 11.2. The summed E-state index contributed by atoms with van der Waals surface area (Å²) in [6, 6.07) is -3.96. The minimum absolute atomic E-state index is 0.0241. The molecule has 1 unspecified atom stereocenters. The largest absolute Gasteiger partial charge is 0.383 e. The normalized spacial score (nSPS) is 16.6. The molecule has 1 fully saturated rings. The van der Waals surface area contributed by atoms with Gasteiger partial charge in [-0.2, -0.15) is 0 Å². The van der Waals surface area contributed by atoms with Crippen LogP contribution in [-0.4, -0.2) is 104 Å². The molecule has 14 heteroatoms. The molecule has 0 aromatic heterocycles. The van der Waals surface area contributed by atoms with Crippen LogP contribution in [0.2, 0.25) is 0 Å². The zero-order valence-electron chi connectivity index (χ0n) is 29.5. The molecule has 1 aliphatic carbocycles. The molecule has 0 bridgehead atoms. The third-order valence-electron chi connectivity index (χ3n) is 8.43. The number of amides is 5. The summed E-state index contributed by atoms with van der Waals surface area (Å²) >= 11 is 0. The van der Waals surface area contributed by atoms with E-state index >= 15 is 0 Å². The number of urea groups is 1. The van der Waals surface area contributed by atoms with Crippen LogP contribution in [0.15, 0.2) is 0 Å². The Morgan fingerprint density at radius 2 is 1.64 bits per heavy atom. The highest BCUT2D eigenvalue weighted by Crippen LogP contribution is 2.32. The van der Waals surface area contributed by atoms with E-state index in [1.54, 1.807) is 34.6 Å². The smallest absolute Gasteiger partial charge is 0.315 e. The molecule has 0 radical (unpaired) electrons. The highest BCUT2D eigenvalue weighted by molar-refractivity contribution is 7.92. The van der Waals surface area contributed by atoms with Crippen molar-refractivity contribution in [2.75, 3.05) is 32.6 Å². The number of terminal acetylenes is 1. The summed E-state index contributed by atoms with van der Waals surface area (Å²) in [6.45, 7) is 12.3. The van der Waals surface area contributed by atoms with Crippen molar-refractivity contribution in [1.82, 2.24) is 26.2 Å². The SMILES string of the molecule is C#CCCC(NC(=O)[C@H](C)N(CCC)C(=O)[C@@H](NC(=O)NC1(CS(=O)(=O)C(C)(C)C)CCCCC1)C(C)C)C(=O)C(=O)NCCOC. The van der Waals surface area contributed by atoms with Crippen LogP contribution in [0.5, 0.6) is 0 Å². The molecule has 0 heterocycles. The van der Waals surface area contributed by atoms with Crippen molar-refractivity contribution in [1.29, 1.82) is 0 Å². The molecule has 1 aliphatic rings. The summed E-state index contributed by atoms with van der Waals surface area (Å²) in [4.78, 5) is 67.5. The van der Waals surface area contributed by atoms with E-state index in [1.807, 2.05) is 6.92 Å². The molecule has 1 rings (SSSR count). The van der Waals surface area contributed by atoms with Crippen LogP contribution < -0.4 is 21.3 Å². The van der Waals surface area contributed by atoms with Crippen molar-refractivity contribution in [2.24, 2.45) is 5.92 Å². The standard InChI is InChI=1S/C33H57N5O8S/c1-10-12-16-25(27(39)29(41)34-19-21-46-9)35-28(40)24(5)38(20-11-2)30(42)26(23(3)4)36-31(43)37-33(17-14-13-15-18-33)22-47(44,45)32(6,7)8/h1,23-26H,11-22H2,2-9H3,(H,34,41)(H,35,40)(H2,36,37,43)/t24-,25?,26-/m0/s1. The lowest BCUT2D eigenvalue weighted by molar-refractivity contribution is -0.144. The fraction of sp³-hybridized carbons (Fsp3) is 0.788. The third kappa shape index (κ3) is 12.7. The van der Waals surface area contributed by atoms with Crippen LogP contribution >= 0.6 is 0 Å². The van der Waals surface area contributed by atoms with Crippen molar-refractivity contribution < 1.29 is 37.1 Å². The zero-order chi connectivity index (χ0) is 36.0. The summed E-state index contributed by atoms with van der Waals surface area (Å²) in [5.41, 5.74) is -0.967. The highest BCUT2D eigenvalue weighted by Gasteiger charge is 2.43. The van der Waals surface area contributed by atoms with Gasteiger partial charge in [-0.05, 0) is 59.3 Å². The number of hydrogen-bond acceptors (Lipinski definition) is 8. The van der Waals surface area contributed by atoms with Crippen molar-refractivity contribution >= 4 is 39.4 Å². The van der Waals surface area contributed by atoms with Crippen LogP contribution in [0, 0.1) is 18.3 Å². The number of hydrogen-bond donors (Lipinski definition) is 4. The molecule has 3 atom stereocenters. The van der Waals surface area contributed by atoms with Gasteiger partial charge in [0, 0.05) is 26.6 Å². The number of Topliss-reactive ketones (excluding diaryl/α,β-unsaturated/α-hetero) is 1. The second-order valence-corrected chi connectivity index (χ2v) is 16.4. The molecule has 1 saturated carbocycles. The van der Waals surface area contributed by atoms with E-state index in [2.05, 4.69) is 27.2 Å². The summed E-state index contributed by atoms with van der Waals surface area (Å²) < 4.78 is 30.3. The molecule has 0 aromatic rings. The Morgan fingerprint density at radius 1 is 1.02 bits per heavy atom. The topological polar surface area (TPSA) is 180 Å². The average Bonchev–Trinajstić information content (AvgIpc) is 2.99. The number of rotatable bonds is 18. The minimum atomic E-state index is -3.57. The van der Waals surface area contributed by atoms with Crippen molar-refractivity contribution in [3.05, 3.63) is 0 Å². The van der Waals surface area contributed by atoms with E-state index in [-0.39, 0.29) is 44.2 Å². The van der Waals surface area contributed by atoms with E-state index in [0.717, 1.165) is 19.3 Å². The number of ether oxygens (including phenoxy) is 1. The van der Waals surface area contributed by atoms with Crippen LogP contribution in [0.3, 0.4) is 0 Å². The van der Waals surface area contributed by atoms with E-state index < -0.39 is 67.8 Å². The Balaban J connectivity index is 3.19. The first kappa shape index (κ1) is 41.8. The van der Waals surface area contributed by atoms with Gasteiger partial charge in [-0.3, -0.25) is 19.2 Å². The number of sulfone groups is 1. The molecule has 47 heavy (non-hydrogen) atoms. The minimum Gasteiger partial charge on any atom is -0.383 e. The molecule has 0 aromatic carbocycles. The Labute approximate surface area is 281 Å². The first-order chi connectivity index (χ1) is 21.9. The Bertz CT molecular complexity index is 1230. The molecule has 13 nitrogen and oxygen atoms in total. The molecular weight excluding hydrogens is 626 g/mol. The van der Waals surface area contributed by atoms with E-state index in [9.17, 15) is 32.4 Å². The number of methoxy groups -OCH3 is 1. The molecule has 5 amide bonds. The van der Waals surface area contributed by atoms with Gasteiger partial charge < -0.3 is 30.9 Å². The van der Waals surface area contributed by atoms with Gasteiger partial charge >= 0.3 is 6.03 Å². The maximum Gasteiger partial charge on any atom is 0.315 e. The zero-order valence-corrected chi connectivity index (χ0v) is 30.3. The van der Waals surface area contributed by atoms with Gasteiger partial charge in [-0.1, -0.05) is 40.0 Å². The maximum absolute atomic E-state index is 14.0. The summed E-state index contributed by atoms with van der Waals surface area (Å²) in [7, 11) is -2.11. The predicted molar refractivity (Wildman–Crippen MR) is 181 cm³/mol. The van der Waals surface area contributed by atoms with Gasteiger partial charge in [0.25, 0.3) is 5.91 Å². The lowest BCUT2D eigenvalue weighted by Gasteiger charge is -2.40. The number of ketones is 1. The number of nitrogens with zero attached hydrogens (tertiary/aromatic N) is 1. The molecule has 0 aliphatic heterocycles.